The maximum atomic E-state index is 12.4. The van der Waals surface area contributed by atoms with Crippen molar-refractivity contribution < 1.29 is 4.79 Å². The summed E-state index contributed by atoms with van der Waals surface area (Å²) in [4.78, 5) is 16.4. The smallest absolute Gasteiger partial charge is 0.227 e. The predicted molar refractivity (Wildman–Crippen MR) is 119 cm³/mol. The molecule has 1 amide bonds. The average Bonchev–Trinajstić information content (AvgIpc) is 2.65. The molecule has 0 spiro atoms. The highest BCUT2D eigenvalue weighted by atomic mass is 35.5. The van der Waals surface area contributed by atoms with Gasteiger partial charge in [0, 0.05) is 30.0 Å². The zero-order chi connectivity index (χ0) is 17.9. The Morgan fingerprint density at radius 1 is 1.07 bits per heavy atom. The molecular formula is C21H37Cl2N3O. The van der Waals surface area contributed by atoms with Gasteiger partial charge in [-0.2, -0.15) is 0 Å². The van der Waals surface area contributed by atoms with E-state index in [1.54, 1.807) is 12.4 Å². The molecule has 1 aliphatic carbocycles. The van der Waals surface area contributed by atoms with Crippen molar-refractivity contribution in [2.45, 2.75) is 83.6 Å². The number of nitrogens with two attached hydrogens (primary N) is 1. The zero-order valence-corrected chi connectivity index (χ0v) is 18.2. The van der Waals surface area contributed by atoms with Gasteiger partial charge in [-0.1, -0.05) is 45.4 Å². The van der Waals surface area contributed by atoms with Gasteiger partial charge in [0.25, 0.3) is 0 Å². The van der Waals surface area contributed by atoms with Crippen LogP contribution in [0.15, 0.2) is 24.5 Å². The second-order valence-electron chi connectivity index (χ2n) is 7.56. The maximum absolute atomic E-state index is 12.4. The molecule has 1 fully saturated rings. The number of rotatable bonds is 10. The number of hydrogen-bond acceptors (Lipinski definition) is 3. The monoisotopic (exact) mass is 417 g/mol. The van der Waals surface area contributed by atoms with Gasteiger partial charge in [0.05, 0.1) is 0 Å². The van der Waals surface area contributed by atoms with Crippen molar-refractivity contribution in [3.8, 4) is 0 Å². The van der Waals surface area contributed by atoms with E-state index in [0.29, 0.717) is 12.0 Å². The average molecular weight is 418 g/mol. The van der Waals surface area contributed by atoms with Crippen LogP contribution in [0.4, 0.5) is 5.69 Å². The lowest BCUT2D eigenvalue weighted by molar-refractivity contribution is -0.121. The summed E-state index contributed by atoms with van der Waals surface area (Å²) >= 11 is 0. The number of nitrogens with one attached hydrogen (secondary N) is 1. The Morgan fingerprint density at radius 2 is 1.67 bits per heavy atom. The molecule has 0 saturated heterocycles. The minimum absolute atomic E-state index is 0. The van der Waals surface area contributed by atoms with Gasteiger partial charge in [-0.25, -0.2) is 0 Å². The van der Waals surface area contributed by atoms with E-state index in [9.17, 15) is 4.79 Å². The van der Waals surface area contributed by atoms with Crippen LogP contribution in [0.3, 0.4) is 0 Å². The Bertz CT molecular complexity index is 493. The van der Waals surface area contributed by atoms with Crippen molar-refractivity contribution in [2.75, 3.05) is 5.32 Å². The van der Waals surface area contributed by atoms with E-state index in [0.717, 1.165) is 37.8 Å². The van der Waals surface area contributed by atoms with Crippen molar-refractivity contribution in [2.24, 2.45) is 17.6 Å². The van der Waals surface area contributed by atoms with Gasteiger partial charge in [0.15, 0.2) is 0 Å². The summed E-state index contributed by atoms with van der Waals surface area (Å²) < 4.78 is 0. The number of halogens is 2. The number of aromatic nitrogens is 1. The van der Waals surface area contributed by atoms with E-state index in [1.165, 1.54) is 38.5 Å². The molecule has 0 bridgehead atoms. The summed E-state index contributed by atoms with van der Waals surface area (Å²) in [5.41, 5.74) is 7.26. The Labute approximate surface area is 177 Å². The standard InChI is InChI=1S/C21H35N3O.2ClH/c1-2-3-4-5-6-7-8-20(22)17-9-11-18(12-10-17)21(25)24-19-13-15-23-16-14-19;;/h13-18,20H,2-12,22H2,1H3,(H,23,24,25);2*1H/t17?,18?,20-;;/m1../s1. The van der Waals surface area contributed by atoms with E-state index in [2.05, 4.69) is 17.2 Å². The molecule has 1 heterocycles. The van der Waals surface area contributed by atoms with Gasteiger partial charge in [0.2, 0.25) is 5.91 Å². The molecule has 2 rings (SSSR count). The van der Waals surface area contributed by atoms with Crippen LogP contribution in [0.2, 0.25) is 0 Å². The molecule has 1 aromatic heterocycles. The van der Waals surface area contributed by atoms with Crippen LogP contribution in [-0.4, -0.2) is 16.9 Å². The van der Waals surface area contributed by atoms with Gasteiger partial charge >= 0.3 is 0 Å². The third-order valence-electron chi connectivity index (χ3n) is 5.59. The van der Waals surface area contributed by atoms with E-state index in [4.69, 9.17) is 5.73 Å². The highest BCUT2D eigenvalue weighted by molar-refractivity contribution is 5.92. The molecule has 1 aromatic rings. The summed E-state index contributed by atoms with van der Waals surface area (Å²) in [7, 11) is 0. The first kappa shape index (κ1) is 26.2. The van der Waals surface area contributed by atoms with Crippen LogP contribution in [0, 0.1) is 11.8 Å². The predicted octanol–water partition coefficient (Wildman–Crippen LogP) is 5.75. The molecule has 0 aliphatic heterocycles. The van der Waals surface area contributed by atoms with Crippen LogP contribution in [0.1, 0.15) is 77.6 Å². The molecule has 0 unspecified atom stereocenters. The highest BCUT2D eigenvalue weighted by Crippen LogP contribution is 2.32. The van der Waals surface area contributed by atoms with Crippen molar-refractivity contribution in [1.29, 1.82) is 0 Å². The lowest BCUT2D eigenvalue weighted by Gasteiger charge is -2.31. The van der Waals surface area contributed by atoms with Gasteiger partial charge in [-0.3, -0.25) is 9.78 Å². The van der Waals surface area contributed by atoms with Crippen LogP contribution in [0.5, 0.6) is 0 Å². The molecular weight excluding hydrogens is 381 g/mol. The molecule has 6 heteroatoms. The number of pyridine rings is 1. The topological polar surface area (TPSA) is 68.0 Å². The molecule has 156 valence electrons. The lowest BCUT2D eigenvalue weighted by atomic mass is 9.77. The Hall–Kier alpha value is -0.840. The number of carbonyl (C=O) groups is 1. The molecule has 3 N–H and O–H groups in total. The molecule has 27 heavy (non-hydrogen) atoms. The van der Waals surface area contributed by atoms with Gasteiger partial charge in [-0.15, -0.1) is 24.8 Å². The third-order valence-corrected chi connectivity index (χ3v) is 5.59. The normalized spacial score (nSPS) is 20.1. The van der Waals surface area contributed by atoms with Crippen LogP contribution < -0.4 is 11.1 Å². The summed E-state index contributed by atoms with van der Waals surface area (Å²) in [6.07, 6.45) is 16.6. The molecule has 1 aliphatic rings. The summed E-state index contributed by atoms with van der Waals surface area (Å²) in [5.74, 6) is 0.875. The fraction of sp³-hybridized carbons (Fsp3) is 0.714. The van der Waals surface area contributed by atoms with Crippen molar-refractivity contribution in [1.82, 2.24) is 4.98 Å². The fourth-order valence-electron chi connectivity index (χ4n) is 3.89. The van der Waals surface area contributed by atoms with Crippen molar-refractivity contribution >= 4 is 36.4 Å². The molecule has 4 nitrogen and oxygen atoms in total. The maximum Gasteiger partial charge on any atom is 0.227 e. The minimum atomic E-state index is 0. The lowest BCUT2D eigenvalue weighted by Crippen LogP contribution is -2.35. The summed E-state index contributed by atoms with van der Waals surface area (Å²) in [6, 6.07) is 3.98. The first-order chi connectivity index (χ1) is 12.2. The number of anilines is 1. The number of amides is 1. The van der Waals surface area contributed by atoms with E-state index in [-0.39, 0.29) is 36.6 Å². The summed E-state index contributed by atoms with van der Waals surface area (Å²) in [5, 5.41) is 3.00. The number of carbonyl (C=O) groups excluding carboxylic acids is 1. The van der Waals surface area contributed by atoms with Crippen molar-refractivity contribution in [3.63, 3.8) is 0 Å². The largest absolute Gasteiger partial charge is 0.327 e. The van der Waals surface area contributed by atoms with Crippen LogP contribution in [0.25, 0.3) is 0 Å². The highest BCUT2D eigenvalue weighted by Gasteiger charge is 2.29. The Kier molecular flexibility index (Phi) is 14.7. The Balaban J connectivity index is 0.00000338. The van der Waals surface area contributed by atoms with E-state index >= 15 is 0 Å². The fourth-order valence-corrected chi connectivity index (χ4v) is 3.89. The van der Waals surface area contributed by atoms with E-state index < -0.39 is 0 Å². The molecule has 0 radical (unpaired) electrons. The van der Waals surface area contributed by atoms with Gasteiger partial charge in [0.1, 0.15) is 0 Å². The van der Waals surface area contributed by atoms with Gasteiger partial charge < -0.3 is 11.1 Å². The summed E-state index contributed by atoms with van der Waals surface area (Å²) in [6.45, 7) is 2.25. The number of unbranched alkanes of at least 4 members (excludes halogenated alkanes) is 5. The first-order valence-corrected chi connectivity index (χ1v) is 10.2. The van der Waals surface area contributed by atoms with Crippen molar-refractivity contribution in [3.05, 3.63) is 24.5 Å². The molecule has 1 atom stereocenters. The van der Waals surface area contributed by atoms with Gasteiger partial charge in [-0.05, 0) is 50.2 Å². The van der Waals surface area contributed by atoms with Crippen LogP contribution in [-0.2, 0) is 4.79 Å². The molecule has 0 aromatic carbocycles. The second kappa shape index (κ2) is 15.1. The Morgan fingerprint density at radius 3 is 2.30 bits per heavy atom. The number of nitrogens with zero attached hydrogens (tertiary/aromatic N) is 1. The first-order valence-electron chi connectivity index (χ1n) is 10.2. The quantitative estimate of drug-likeness (QED) is 0.476. The number of hydrogen-bond donors (Lipinski definition) is 2. The minimum Gasteiger partial charge on any atom is -0.327 e. The zero-order valence-electron chi connectivity index (χ0n) is 16.6. The van der Waals surface area contributed by atoms with Crippen LogP contribution >= 0.6 is 24.8 Å². The second-order valence-corrected chi connectivity index (χ2v) is 7.56. The molecule has 1 saturated carbocycles. The SMILES string of the molecule is CCCCCCCC[C@@H](N)C1CCC(C(=O)Nc2ccncc2)CC1.Cl.Cl. The third kappa shape index (κ3) is 9.77. The van der Waals surface area contributed by atoms with E-state index in [1.807, 2.05) is 12.1 Å².